The molecule has 0 aliphatic carbocycles. The highest BCUT2D eigenvalue weighted by Crippen LogP contribution is 2.61. The van der Waals surface area contributed by atoms with Gasteiger partial charge in [0.25, 0.3) is 11.4 Å². The molecule has 4 aromatic carbocycles. The van der Waals surface area contributed by atoms with E-state index in [2.05, 4.69) is 43.8 Å². The molecule has 480 valence electrons. The van der Waals surface area contributed by atoms with Gasteiger partial charge in [-0.25, -0.2) is 43.4 Å². The summed E-state index contributed by atoms with van der Waals surface area (Å²) in [4.78, 5) is 114. The first-order valence-electron chi connectivity index (χ1n) is 25.4. The number of aromatic carboxylic acids is 1. The number of rotatable bonds is 29. The molecule has 0 bridgehead atoms. The van der Waals surface area contributed by atoms with Crippen LogP contribution in [0.2, 0.25) is 0 Å². The molecule has 7 unspecified atom stereocenters. The first-order chi connectivity index (χ1) is 42.2. The molecule has 90 heavy (non-hydrogen) atoms. The molecule has 7 atom stereocenters. The summed E-state index contributed by atoms with van der Waals surface area (Å²) in [6.45, 7) is -0.368. The fourth-order valence-corrected chi connectivity index (χ4v) is 11.5. The Morgan fingerprint density at radius 1 is 0.822 bits per heavy atom. The van der Waals surface area contributed by atoms with Gasteiger partial charge in [-0.15, -0.1) is 0 Å². The zero-order valence-corrected chi connectivity index (χ0v) is 49.7. The lowest BCUT2D eigenvalue weighted by molar-refractivity contribution is -0.385. The van der Waals surface area contributed by atoms with Crippen molar-refractivity contribution in [3.05, 3.63) is 140 Å². The maximum absolute atomic E-state index is 13.3. The highest BCUT2D eigenvalue weighted by atomic mass is 32.2. The molecule has 1 fully saturated rings. The summed E-state index contributed by atoms with van der Waals surface area (Å²) in [7, 11) is -16.7. The molecule has 0 radical (unpaired) electrons. The van der Waals surface area contributed by atoms with Crippen molar-refractivity contribution in [3.63, 3.8) is 0 Å². The number of nitrogen functional groups attached to an aromatic ring is 1. The lowest BCUT2D eigenvalue weighted by atomic mass is 9.87. The predicted octanol–water partition coefficient (Wildman–Crippen LogP) is 6.24. The van der Waals surface area contributed by atoms with Gasteiger partial charge in [0.2, 0.25) is 22.8 Å². The van der Waals surface area contributed by atoms with Crippen LogP contribution in [0.15, 0.2) is 118 Å². The van der Waals surface area contributed by atoms with Crippen LogP contribution >= 0.6 is 35.2 Å². The fraction of sp³-hybridized carbons (Fsp3) is 0.286. The fourth-order valence-electron chi connectivity index (χ4n) is 7.98. The van der Waals surface area contributed by atoms with Gasteiger partial charge in [0.05, 0.1) is 53.7 Å². The second kappa shape index (κ2) is 28.9. The van der Waals surface area contributed by atoms with Gasteiger partial charge in [0.1, 0.15) is 47.7 Å². The Kier molecular flexibility index (Phi) is 22.2. The quantitative estimate of drug-likeness (QED) is 0.00617. The van der Waals surface area contributed by atoms with Crippen LogP contribution in [0.3, 0.4) is 0 Å². The molecule has 6 aromatic rings. The van der Waals surface area contributed by atoms with E-state index in [1.807, 2.05) is 0 Å². The minimum atomic E-state index is -5.67. The van der Waals surface area contributed by atoms with E-state index >= 15 is 0 Å². The molecule has 3 heterocycles. The number of nitro benzene ring substituents is 2. The summed E-state index contributed by atoms with van der Waals surface area (Å²) in [6, 6.07) is 16.9. The molecule has 1 aliphatic rings. The first-order valence-corrected chi connectivity index (χ1v) is 30.9. The van der Waals surface area contributed by atoms with E-state index in [1.54, 1.807) is 0 Å². The molecule has 0 spiro atoms. The molecule has 2 aromatic heterocycles. The Morgan fingerprint density at radius 2 is 1.47 bits per heavy atom. The molecule has 37 nitrogen and oxygen atoms in total. The minimum absolute atomic E-state index is 0.00824. The van der Waals surface area contributed by atoms with Crippen LogP contribution in [-0.2, 0) is 36.3 Å². The van der Waals surface area contributed by atoms with E-state index in [0.29, 0.717) is 11.8 Å². The molecule has 0 saturated carbocycles. The monoisotopic (exact) mass is 1340 g/mol. The number of nitrogens with zero attached hydrogens (tertiary/aromatic N) is 10. The summed E-state index contributed by atoms with van der Waals surface area (Å²) in [5.41, 5.74) is 2.19. The molecule has 1 aliphatic heterocycles. The second-order valence-electron chi connectivity index (χ2n) is 19.4. The van der Waals surface area contributed by atoms with Gasteiger partial charge in [-0.3, -0.25) is 53.1 Å². The third-order valence-corrected chi connectivity index (χ3v) is 16.3. The van der Waals surface area contributed by atoms with Crippen molar-refractivity contribution in [2.24, 2.45) is 25.4 Å². The van der Waals surface area contributed by atoms with Crippen molar-refractivity contribution in [2.45, 2.75) is 50.9 Å². The number of thioether (sulfide) groups is 1. The number of anilines is 1. The van der Waals surface area contributed by atoms with Crippen molar-refractivity contribution in [1.29, 1.82) is 0 Å². The number of nitrogens with two attached hydrogens (primary N) is 1. The van der Waals surface area contributed by atoms with Crippen molar-refractivity contribution in [3.8, 4) is 11.5 Å². The number of carboxylic acids is 1. The van der Waals surface area contributed by atoms with E-state index in [0.717, 1.165) is 41.5 Å². The summed E-state index contributed by atoms with van der Waals surface area (Å²) < 4.78 is 68.7. The number of carbonyl (C=O) groups is 2. The van der Waals surface area contributed by atoms with Gasteiger partial charge in [-0.2, -0.15) is 4.31 Å². The normalized spacial score (nSPS) is 18.6. The molecule has 0 amide bonds. The van der Waals surface area contributed by atoms with Gasteiger partial charge in [0.15, 0.2) is 29.3 Å². The maximum Gasteiger partial charge on any atom is 0.481 e. The van der Waals surface area contributed by atoms with Gasteiger partial charge in [0, 0.05) is 58.5 Å². The van der Waals surface area contributed by atoms with Crippen LogP contribution in [0.1, 0.15) is 58.3 Å². The average molecular weight is 1340 g/mol. The number of phosphoric acid groups is 3. The van der Waals surface area contributed by atoms with Crippen molar-refractivity contribution >= 4 is 110 Å². The summed E-state index contributed by atoms with van der Waals surface area (Å²) in [5.74, 6) is -4.97. The van der Waals surface area contributed by atoms with Gasteiger partial charge >= 0.3 is 29.4 Å². The lowest BCUT2D eigenvalue weighted by Gasteiger charge is -2.29. The lowest BCUT2D eigenvalue weighted by Crippen LogP contribution is -2.40. The smallest absolute Gasteiger partial charge is 0.481 e. The molecular formula is C49H52N11O26P3S. The molecular weight excluding hydrogens is 1280 g/mol. The third-order valence-electron chi connectivity index (χ3n) is 12.4. The Balaban J connectivity index is 0.911. The maximum atomic E-state index is 13.3. The van der Waals surface area contributed by atoms with Gasteiger partial charge in [-0.1, -0.05) is 37.7 Å². The standard InChI is InChI=1S/C49H52N11O26P3S/c1-49(2,22-82-89(79,80)86-88(77,78)81-21-35-39(85-87(74,75)76)38(62)46(84-35)58-24-55-37-41(50)53-23-54-42(37)58)40(63)45(66)52-14-13-36(61)51-15-16-90-48(69)31-11-10-30(20-32(31)47(67)68)83-34-12-9-27(56-43(64)25-5-3-7-28(17-25)59(70)71)19-33(34)57-44(65)26-6-4-8-29(18-26)60(72)73/h3-12,17-20,23-24,35,38-40,46,62-63H,13-16,21-22H2,1-2H3,(H,51,61)(H,52,66)(H,56,64)(H,57,65)(H,67,68)(H,77,78)(H,79,80)(H2,50,53,54)(H2,74,75,76). The number of aliphatic hydroxyl groups excluding tert-OH is 6. The molecule has 7 rings (SSSR count). The van der Waals surface area contributed by atoms with Crippen molar-refractivity contribution < 1.29 is 116 Å². The number of carbonyl (C=O) groups excluding carboxylic acids is 1. The van der Waals surface area contributed by atoms with Crippen LogP contribution in [-0.4, -0.2) is 176 Å². The minimum Gasteiger partial charge on any atom is -0.497 e. The van der Waals surface area contributed by atoms with E-state index in [-0.39, 0.29) is 86.6 Å². The van der Waals surface area contributed by atoms with E-state index in [9.17, 15) is 98.8 Å². The van der Waals surface area contributed by atoms with Crippen molar-refractivity contribution in [2.75, 3.05) is 37.8 Å². The van der Waals surface area contributed by atoms with Crippen LogP contribution < -0.4 is 10.5 Å². The number of non-ortho nitro benzene ring substituents is 2. The number of aliphatic hydroxyl groups is 6. The Labute approximate surface area is 508 Å². The number of ether oxygens (including phenoxy) is 2. The second-order valence-corrected chi connectivity index (χ2v) is 24.7. The summed E-state index contributed by atoms with van der Waals surface area (Å²) >= 11 is 0.622. The number of aliphatic imine (C=N–C) groups is 4. The van der Waals surface area contributed by atoms with Crippen LogP contribution in [0.25, 0.3) is 11.2 Å². The molecule has 1 saturated heterocycles. The topological polar surface area (TPSA) is 569 Å². The molecule has 13 N–H and O–H groups in total. The van der Waals surface area contributed by atoms with Crippen LogP contribution in [0, 0.1) is 25.6 Å². The van der Waals surface area contributed by atoms with Crippen molar-refractivity contribution in [1.82, 2.24) is 19.5 Å². The van der Waals surface area contributed by atoms with Gasteiger partial charge in [-0.05, 0) is 48.5 Å². The number of hydrogen-bond donors (Lipinski definition) is 12. The number of phosphoric ester groups is 3. The number of aromatic nitrogens is 4. The summed E-state index contributed by atoms with van der Waals surface area (Å²) in [6.07, 6.45) is -7.45. The predicted molar refractivity (Wildman–Crippen MR) is 314 cm³/mol. The number of hydrogen-bond acceptors (Lipinski definition) is 26. The van der Waals surface area contributed by atoms with Crippen LogP contribution in [0.5, 0.6) is 11.5 Å². The highest BCUT2D eigenvalue weighted by Gasteiger charge is 2.50. The summed E-state index contributed by atoms with van der Waals surface area (Å²) in [5, 5.41) is 96.5. The first kappa shape index (κ1) is 68.9. The van der Waals surface area contributed by atoms with E-state index in [4.69, 9.17) is 24.3 Å². The Morgan fingerprint density at radius 3 is 2.10 bits per heavy atom. The van der Waals surface area contributed by atoms with Gasteiger partial charge < -0.3 is 70.5 Å². The zero-order chi connectivity index (χ0) is 66.0. The number of fused-ring (bicyclic) bond motifs is 1. The molecule has 41 heteroatoms. The Bertz CT molecular complexity index is 4000. The number of imidazole rings is 1. The zero-order valence-electron chi connectivity index (χ0n) is 46.2. The van der Waals surface area contributed by atoms with E-state index < -0.39 is 129 Å². The highest BCUT2D eigenvalue weighted by molar-refractivity contribution is 8.14. The average Bonchev–Trinajstić information content (AvgIpc) is 1.63. The number of benzene rings is 4. The van der Waals surface area contributed by atoms with Crippen LogP contribution in [0.4, 0.5) is 28.6 Å². The SMILES string of the molecule is CC(C)(COP(=O)(O)OP(=O)(O)OCC1OC(n2cnc3c(N)ncnc32)C(O)C1OP(=O)(O)O)C(O)C(O)=NCCC(O)=NCCSC(=O)c1ccc(Oc2ccc(N=C(O)c3cccc([N+](=O)[O-])c3)cc2N=C(O)c2cccc([N+](=O)[O-])c2)cc1C(=O)O. The number of nitro groups is 2. The Hall–Kier alpha value is -8.55. The third kappa shape index (κ3) is 18.3. The van der Waals surface area contributed by atoms with E-state index in [1.165, 1.54) is 74.5 Å². The number of carboxylic acid groups (broad SMARTS) is 1. The largest absolute Gasteiger partial charge is 0.497 e.